The number of nitrogens with two attached hydrogens (primary N) is 1. The number of nitrogen functional groups attached to an aromatic ring is 1. The number of anilines is 1. The van der Waals surface area contributed by atoms with E-state index < -0.39 is 41.6 Å². The summed E-state index contributed by atoms with van der Waals surface area (Å²) in [5, 5.41) is 0. The summed E-state index contributed by atoms with van der Waals surface area (Å²) in [5.41, 5.74) is 2.67. The van der Waals surface area contributed by atoms with Gasteiger partial charge in [0.25, 0.3) is 6.10 Å². The molecule has 21 heavy (non-hydrogen) atoms. The Labute approximate surface area is 111 Å². The molecule has 2 N–H and O–H groups in total. The van der Waals surface area contributed by atoms with Crippen LogP contribution in [0.4, 0.5) is 45.2 Å². The Balaban J connectivity index is 3.12. The summed E-state index contributed by atoms with van der Waals surface area (Å²) in [6, 6.07) is 0.733. The first-order chi connectivity index (χ1) is 9.23. The zero-order chi connectivity index (χ0) is 16.6. The van der Waals surface area contributed by atoms with E-state index in [2.05, 4.69) is 4.74 Å². The van der Waals surface area contributed by atoms with E-state index in [1.807, 2.05) is 0 Å². The molecule has 0 bridgehead atoms. The van der Waals surface area contributed by atoms with Crippen LogP contribution in [0.25, 0.3) is 0 Å². The Morgan fingerprint density at radius 2 is 1.33 bits per heavy atom. The van der Waals surface area contributed by atoms with Crippen LogP contribution in [0.1, 0.15) is 5.56 Å². The summed E-state index contributed by atoms with van der Waals surface area (Å²) in [5.74, 6) is -1.15. The molecule has 0 atom stereocenters. The highest BCUT2D eigenvalue weighted by atomic mass is 19.4. The van der Waals surface area contributed by atoms with Crippen molar-refractivity contribution >= 4 is 5.69 Å². The Kier molecular flexibility index (Phi) is 4.26. The lowest BCUT2D eigenvalue weighted by Gasteiger charge is -2.24. The van der Waals surface area contributed by atoms with Crippen molar-refractivity contribution in [3.05, 3.63) is 23.8 Å². The van der Waals surface area contributed by atoms with E-state index in [0.29, 0.717) is 6.07 Å². The summed E-state index contributed by atoms with van der Waals surface area (Å²) in [4.78, 5) is 0. The smallest absolute Gasteiger partial charge is 0.434 e. The van der Waals surface area contributed by atoms with Gasteiger partial charge in [0.05, 0.1) is 11.3 Å². The first kappa shape index (κ1) is 17.2. The highest BCUT2D eigenvalue weighted by molar-refractivity contribution is 5.55. The standard InChI is InChI=1S/C10H6F9NO/c11-8(12,13)4-1-2-6(5(20)3-4)21-7(9(14,15)16)10(17,18)19/h1-3,7H,20H2. The van der Waals surface area contributed by atoms with E-state index in [9.17, 15) is 39.5 Å². The van der Waals surface area contributed by atoms with Gasteiger partial charge in [-0.15, -0.1) is 0 Å². The molecule has 0 saturated heterocycles. The minimum atomic E-state index is -5.80. The van der Waals surface area contributed by atoms with Gasteiger partial charge in [0.15, 0.2) is 0 Å². The Morgan fingerprint density at radius 3 is 1.67 bits per heavy atom. The lowest BCUT2D eigenvalue weighted by atomic mass is 10.2. The van der Waals surface area contributed by atoms with Gasteiger partial charge in [-0.2, -0.15) is 39.5 Å². The maximum atomic E-state index is 12.3. The largest absolute Gasteiger partial charge is 0.469 e. The first-order valence-electron chi connectivity index (χ1n) is 4.99. The predicted molar refractivity (Wildman–Crippen MR) is 52.4 cm³/mol. The summed E-state index contributed by atoms with van der Waals surface area (Å²) in [6.07, 6.45) is -20.6. The second kappa shape index (κ2) is 5.19. The van der Waals surface area contributed by atoms with Gasteiger partial charge in [0, 0.05) is 0 Å². The van der Waals surface area contributed by atoms with Crippen molar-refractivity contribution in [3.63, 3.8) is 0 Å². The summed E-state index contributed by atoms with van der Waals surface area (Å²) < 4.78 is 114. The van der Waals surface area contributed by atoms with E-state index in [-0.39, 0.29) is 12.1 Å². The van der Waals surface area contributed by atoms with Gasteiger partial charge >= 0.3 is 18.5 Å². The summed E-state index contributed by atoms with van der Waals surface area (Å²) in [6.45, 7) is 0. The maximum Gasteiger partial charge on any atom is 0.434 e. The molecule has 0 unspecified atom stereocenters. The van der Waals surface area contributed by atoms with Gasteiger partial charge in [-0.1, -0.05) is 0 Å². The second-order valence-corrected chi connectivity index (χ2v) is 3.83. The number of rotatable bonds is 2. The molecule has 1 aromatic carbocycles. The lowest BCUT2D eigenvalue weighted by molar-refractivity contribution is -0.299. The SMILES string of the molecule is Nc1cc(C(F)(F)F)ccc1OC(C(F)(F)F)C(F)(F)F. The fraction of sp³-hybridized carbons (Fsp3) is 0.400. The van der Waals surface area contributed by atoms with Crippen LogP contribution in [0.2, 0.25) is 0 Å². The van der Waals surface area contributed by atoms with Crippen LogP contribution >= 0.6 is 0 Å². The van der Waals surface area contributed by atoms with Gasteiger partial charge in [0.1, 0.15) is 5.75 Å². The Hall–Kier alpha value is -1.81. The molecule has 0 aliphatic carbocycles. The Bertz CT molecular complexity index is 489. The van der Waals surface area contributed by atoms with Crippen molar-refractivity contribution < 1.29 is 44.3 Å². The minimum absolute atomic E-state index is 0.180. The quantitative estimate of drug-likeness (QED) is 0.654. The molecule has 120 valence electrons. The number of hydrogen-bond donors (Lipinski definition) is 1. The van der Waals surface area contributed by atoms with Gasteiger partial charge < -0.3 is 10.5 Å². The van der Waals surface area contributed by atoms with Gasteiger partial charge in [-0.05, 0) is 18.2 Å². The van der Waals surface area contributed by atoms with Gasteiger partial charge in [0.2, 0.25) is 0 Å². The van der Waals surface area contributed by atoms with Crippen molar-refractivity contribution in [2.75, 3.05) is 5.73 Å². The van der Waals surface area contributed by atoms with E-state index in [1.54, 1.807) is 0 Å². The molecule has 2 nitrogen and oxygen atoms in total. The first-order valence-corrected chi connectivity index (χ1v) is 4.99. The third-order valence-electron chi connectivity index (χ3n) is 2.18. The predicted octanol–water partition coefficient (Wildman–Crippen LogP) is 4.16. The van der Waals surface area contributed by atoms with Crippen LogP contribution in [-0.2, 0) is 6.18 Å². The molecule has 0 amide bonds. The zero-order valence-electron chi connectivity index (χ0n) is 9.70. The monoisotopic (exact) mass is 327 g/mol. The molecule has 1 aromatic rings. The van der Waals surface area contributed by atoms with Crippen LogP contribution in [0.5, 0.6) is 5.75 Å². The zero-order valence-corrected chi connectivity index (χ0v) is 9.70. The average Bonchev–Trinajstić information content (AvgIpc) is 2.22. The van der Waals surface area contributed by atoms with Crippen molar-refractivity contribution in [3.8, 4) is 5.75 Å². The molecule has 0 fully saturated rings. The number of alkyl halides is 9. The fourth-order valence-corrected chi connectivity index (χ4v) is 1.28. The average molecular weight is 327 g/mol. The van der Waals surface area contributed by atoms with Gasteiger partial charge in [-0.3, -0.25) is 0 Å². The van der Waals surface area contributed by atoms with E-state index in [1.165, 1.54) is 0 Å². The number of halogens is 9. The number of ether oxygens (including phenoxy) is 1. The van der Waals surface area contributed by atoms with Crippen LogP contribution in [-0.4, -0.2) is 18.5 Å². The second-order valence-electron chi connectivity index (χ2n) is 3.83. The number of benzene rings is 1. The normalized spacial score (nSPS) is 13.6. The topological polar surface area (TPSA) is 35.2 Å². The molecular formula is C10H6F9NO. The van der Waals surface area contributed by atoms with Gasteiger partial charge in [-0.25, -0.2) is 0 Å². The summed E-state index contributed by atoms with van der Waals surface area (Å²) in [7, 11) is 0. The molecular weight excluding hydrogens is 321 g/mol. The molecule has 11 heteroatoms. The van der Waals surface area contributed by atoms with Crippen molar-refractivity contribution in [1.29, 1.82) is 0 Å². The lowest BCUT2D eigenvalue weighted by Crippen LogP contribution is -2.46. The highest BCUT2D eigenvalue weighted by Crippen LogP contribution is 2.39. The highest BCUT2D eigenvalue weighted by Gasteiger charge is 2.59. The maximum absolute atomic E-state index is 12.3. The molecule has 0 saturated carbocycles. The van der Waals surface area contributed by atoms with E-state index in [0.717, 1.165) is 0 Å². The molecule has 0 radical (unpaired) electrons. The Morgan fingerprint density at radius 1 is 0.857 bits per heavy atom. The van der Waals surface area contributed by atoms with Crippen molar-refractivity contribution in [2.24, 2.45) is 0 Å². The molecule has 0 spiro atoms. The fourth-order valence-electron chi connectivity index (χ4n) is 1.28. The molecule has 0 aromatic heterocycles. The number of hydrogen-bond acceptors (Lipinski definition) is 2. The van der Waals surface area contributed by atoms with Crippen LogP contribution in [0.15, 0.2) is 18.2 Å². The molecule has 0 heterocycles. The van der Waals surface area contributed by atoms with Crippen molar-refractivity contribution in [2.45, 2.75) is 24.6 Å². The van der Waals surface area contributed by atoms with E-state index in [4.69, 9.17) is 5.73 Å². The minimum Gasteiger partial charge on any atom is -0.469 e. The molecule has 1 rings (SSSR count). The van der Waals surface area contributed by atoms with Crippen LogP contribution in [0.3, 0.4) is 0 Å². The third-order valence-corrected chi connectivity index (χ3v) is 2.18. The molecule has 0 aliphatic heterocycles. The summed E-state index contributed by atoms with van der Waals surface area (Å²) >= 11 is 0. The van der Waals surface area contributed by atoms with Crippen molar-refractivity contribution in [1.82, 2.24) is 0 Å². The van der Waals surface area contributed by atoms with Crippen LogP contribution in [0, 0.1) is 0 Å². The molecule has 0 aliphatic rings. The van der Waals surface area contributed by atoms with E-state index >= 15 is 0 Å². The third kappa shape index (κ3) is 4.33. The van der Waals surface area contributed by atoms with Crippen LogP contribution < -0.4 is 10.5 Å².